The number of carboxylic acid groups (broad SMARTS) is 1. The molecule has 0 rings (SSSR count). The molecule has 5 nitrogen and oxygen atoms in total. The van der Waals surface area contributed by atoms with Crippen LogP contribution in [-0.4, -0.2) is 37.6 Å². The second-order valence-corrected chi connectivity index (χ2v) is 2.17. The molecule has 0 aromatic rings. The van der Waals surface area contributed by atoms with E-state index in [1.54, 1.807) is 14.2 Å². The molecule has 0 radical (unpaired) electrons. The summed E-state index contributed by atoms with van der Waals surface area (Å²) in [5.74, 6) is -0.963. The lowest BCUT2D eigenvalue weighted by Crippen LogP contribution is -2.25. The van der Waals surface area contributed by atoms with Crippen molar-refractivity contribution in [3.8, 4) is 0 Å². The molecule has 0 saturated heterocycles. The second-order valence-electron chi connectivity index (χ2n) is 2.17. The molecule has 0 unspecified atom stereocenters. The molecule has 74 valence electrons. The van der Waals surface area contributed by atoms with E-state index >= 15 is 0 Å². The first-order chi connectivity index (χ1) is 5.45. The Labute approximate surface area is 72.5 Å². The van der Waals surface area contributed by atoms with E-state index in [1.165, 1.54) is 6.92 Å². The number of carbonyl (C=O) groups is 1. The number of nitrogens with two attached hydrogens (primary N) is 1. The molecule has 0 amide bonds. The van der Waals surface area contributed by atoms with Gasteiger partial charge in [0.2, 0.25) is 0 Å². The van der Waals surface area contributed by atoms with E-state index in [0.717, 1.165) is 0 Å². The number of carboxylic acids is 1. The van der Waals surface area contributed by atoms with Crippen molar-refractivity contribution in [1.29, 1.82) is 0 Å². The zero-order chi connectivity index (χ0) is 10.1. The minimum Gasteiger partial charge on any atom is -0.480 e. The third kappa shape index (κ3) is 12.1. The predicted octanol–water partition coefficient (Wildman–Crippen LogP) is 0.0434. The van der Waals surface area contributed by atoms with Crippen molar-refractivity contribution in [3.05, 3.63) is 0 Å². The van der Waals surface area contributed by atoms with Crippen LogP contribution >= 0.6 is 0 Å². The SMILES string of the molecule is COC(C)OC.C[C@H](N)C(=O)O. The van der Waals surface area contributed by atoms with Crippen LogP contribution < -0.4 is 5.73 Å². The molecule has 0 aliphatic carbocycles. The molecule has 12 heavy (non-hydrogen) atoms. The fraction of sp³-hybridized carbons (Fsp3) is 0.857. The van der Waals surface area contributed by atoms with Crippen LogP contribution in [0.2, 0.25) is 0 Å². The van der Waals surface area contributed by atoms with E-state index in [9.17, 15) is 4.79 Å². The van der Waals surface area contributed by atoms with Crippen molar-refractivity contribution < 1.29 is 19.4 Å². The second kappa shape index (κ2) is 8.45. The molecule has 0 fully saturated rings. The molecule has 0 spiro atoms. The molecule has 0 aromatic heterocycles. The molecule has 5 heteroatoms. The summed E-state index contributed by atoms with van der Waals surface area (Å²) in [4.78, 5) is 9.57. The highest BCUT2D eigenvalue weighted by molar-refractivity contribution is 5.72. The molecule has 1 atom stereocenters. The molecule has 0 aliphatic rings. The summed E-state index contributed by atoms with van der Waals surface area (Å²) in [5.41, 5.74) is 4.84. The first-order valence-corrected chi connectivity index (χ1v) is 3.49. The Bertz CT molecular complexity index is 112. The number of ether oxygens (including phenoxy) is 2. The standard InChI is InChI=1S/C4H10O2.C3H7NO2/c1-4(5-2)6-3;1-2(4)3(5)6/h4H,1-3H3;2H,4H2,1H3,(H,5,6)/t;2-/m.0/s1. The lowest BCUT2D eigenvalue weighted by Gasteiger charge is -2.03. The van der Waals surface area contributed by atoms with Crippen molar-refractivity contribution in [1.82, 2.24) is 0 Å². The summed E-state index contributed by atoms with van der Waals surface area (Å²) in [5, 5.41) is 7.87. The summed E-state index contributed by atoms with van der Waals surface area (Å²) >= 11 is 0. The smallest absolute Gasteiger partial charge is 0.320 e. The average molecular weight is 179 g/mol. The van der Waals surface area contributed by atoms with Crippen LogP contribution in [0.3, 0.4) is 0 Å². The Balaban J connectivity index is 0. The summed E-state index contributed by atoms with van der Waals surface area (Å²) in [6.45, 7) is 3.25. The first kappa shape index (κ1) is 13.9. The molecule has 0 bridgehead atoms. The van der Waals surface area contributed by atoms with Crippen molar-refractivity contribution in [3.63, 3.8) is 0 Å². The molecular weight excluding hydrogens is 162 g/mol. The van der Waals surface area contributed by atoms with Gasteiger partial charge in [0.1, 0.15) is 6.04 Å². The topological polar surface area (TPSA) is 81.8 Å². The zero-order valence-electron chi connectivity index (χ0n) is 7.90. The van der Waals surface area contributed by atoms with Gasteiger partial charge in [-0.1, -0.05) is 0 Å². The van der Waals surface area contributed by atoms with Crippen molar-refractivity contribution >= 4 is 5.97 Å². The predicted molar refractivity (Wildman–Crippen MR) is 44.8 cm³/mol. The lowest BCUT2D eigenvalue weighted by molar-refractivity contribution is -0.138. The van der Waals surface area contributed by atoms with E-state index in [2.05, 4.69) is 9.47 Å². The maximum Gasteiger partial charge on any atom is 0.320 e. The minimum atomic E-state index is -0.963. The monoisotopic (exact) mass is 179 g/mol. The van der Waals surface area contributed by atoms with Gasteiger partial charge in [0, 0.05) is 14.2 Å². The average Bonchev–Trinajstić information content (AvgIpc) is 2.04. The Morgan fingerprint density at radius 3 is 1.58 bits per heavy atom. The maximum atomic E-state index is 9.57. The summed E-state index contributed by atoms with van der Waals surface area (Å²) in [7, 11) is 3.21. The minimum absolute atomic E-state index is 0.0648. The zero-order valence-corrected chi connectivity index (χ0v) is 7.90. The highest BCUT2D eigenvalue weighted by Crippen LogP contribution is 1.82. The van der Waals surface area contributed by atoms with Crippen LogP contribution in [-0.2, 0) is 14.3 Å². The van der Waals surface area contributed by atoms with Gasteiger partial charge < -0.3 is 20.3 Å². The van der Waals surface area contributed by atoms with Gasteiger partial charge in [-0.2, -0.15) is 0 Å². The van der Waals surface area contributed by atoms with Gasteiger partial charge >= 0.3 is 5.97 Å². The van der Waals surface area contributed by atoms with Crippen molar-refractivity contribution in [2.24, 2.45) is 5.73 Å². The number of methoxy groups -OCH3 is 2. The lowest BCUT2D eigenvalue weighted by atomic mass is 10.4. The molecule has 0 aliphatic heterocycles. The quantitative estimate of drug-likeness (QED) is 0.598. The fourth-order valence-electron chi connectivity index (χ4n) is 0.0962. The number of hydrogen-bond acceptors (Lipinski definition) is 4. The summed E-state index contributed by atoms with van der Waals surface area (Å²) in [6.07, 6.45) is -0.0648. The molecule has 0 aromatic carbocycles. The molecule has 0 heterocycles. The van der Waals surface area contributed by atoms with Crippen LogP contribution in [0.1, 0.15) is 13.8 Å². The van der Waals surface area contributed by atoms with Gasteiger partial charge in [-0.3, -0.25) is 4.79 Å². The maximum absolute atomic E-state index is 9.57. The van der Waals surface area contributed by atoms with Crippen LogP contribution in [0.15, 0.2) is 0 Å². The van der Waals surface area contributed by atoms with Gasteiger partial charge in [0.15, 0.2) is 6.29 Å². The number of hydrogen-bond donors (Lipinski definition) is 2. The molecule has 3 N–H and O–H groups in total. The van der Waals surface area contributed by atoms with E-state index in [1.807, 2.05) is 6.92 Å². The Kier molecular flexibility index (Phi) is 9.79. The van der Waals surface area contributed by atoms with Crippen molar-refractivity contribution in [2.45, 2.75) is 26.2 Å². The molecule has 0 saturated carbocycles. The highest BCUT2D eigenvalue weighted by atomic mass is 16.7. The third-order valence-corrected chi connectivity index (χ3v) is 1.05. The van der Waals surface area contributed by atoms with Gasteiger partial charge in [-0.15, -0.1) is 0 Å². The van der Waals surface area contributed by atoms with E-state index < -0.39 is 12.0 Å². The van der Waals surface area contributed by atoms with Crippen LogP contribution in [0.5, 0.6) is 0 Å². The van der Waals surface area contributed by atoms with E-state index in [-0.39, 0.29) is 6.29 Å². The Morgan fingerprint density at radius 1 is 1.33 bits per heavy atom. The Morgan fingerprint density at radius 2 is 1.58 bits per heavy atom. The number of rotatable bonds is 3. The molecular formula is C7H17NO4. The van der Waals surface area contributed by atoms with Crippen LogP contribution in [0.4, 0.5) is 0 Å². The number of aliphatic carboxylic acids is 1. The van der Waals surface area contributed by atoms with E-state index in [0.29, 0.717) is 0 Å². The van der Waals surface area contributed by atoms with Gasteiger partial charge in [0.05, 0.1) is 0 Å². The normalized spacial score (nSPS) is 11.8. The van der Waals surface area contributed by atoms with Crippen LogP contribution in [0.25, 0.3) is 0 Å². The summed E-state index contributed by atoms with van der Waals surface area (Å²) < 4.78 is 9.35. The first-order valence-electron chi connectivity index (χ1n) is 3.49. The van der Waals surface area contributed by atoms with Gasteiger partial charge in [-0.25, -0.2) is 0 Å². The largest absolute Gasteiger partial charge is 0.480 e. The van der Waals surface area contributed by atoms with Crippen molar-refractivity contribution in [2.75, 3.05) is 14.2 Å². The van der Waals surface area contributed by atoms with Gasteiger partial charge in [-0.05, 0) is 13.8 Å². The van der Waals surface area contributed by atoms with Crippen LogP contribution in [0, 0.1) is 0 Å². The highest BCUT2D eigenvalue weighted by Gasteiger charge is 1.99. The fourth-order valence-corrected chi connectivity index (χ4v) is 0.0962. The third-order valence-electron chi connectivity index (χ3n) is 1.05. The van der Waals surface area contributed by atoms with Gasteiger partial charge in [0.25, 0.3) is 0 Å². The Hall–Kier alpha value is -0.650. The van der Waals surface area contributed by atoms with E-state index in [4.69, 9.17) is 10.8 Å². The summed E-state index contributed by atoms with van der Waals surface area (Å²) in [6, 6.07) is -0.731.